The molecule has 2 heterocycles. The number of amides is 1. The Balaban J connectivity index is 1.46. The van der Waals surface area contributed by atoms with Gasteiger partial charge >= 0.3 is 0 Å². The number of ether oxygens (including phenoxy) is 1. The number of carbonyl (C=O) groups excluding carboxylic acids is 1. The molecule has 0 spiro atoms. The number of carbonyl (C=O) groups is 1. The molecule has 0 bridgehead atoms. The zero-order valence-corrected chi connectivity index (χ0v) is 13.9. The van der Waals surface area contributed by atoms with E-state index in [0.29, 0.717) is 23.4 Å². The number of fused-ring (bicyclic) bond motifs is 1. The van der Waals surface area contributed by atoms with Gasteiger partial charge in [0.15, 0.2) is 0 Å². The van der Waals surface area contributed by atoms with Crippen LogP contribution in [0.25, 0.3) is 0 Å². The van der Waals surface area contributed by atoms with Crippen molar-refractivity contribution >= 4 is 17.5 Å². The highest BCUT2D eigenvalue weighted by atomic mass is 35.5. The Kier molecular flexibility index (Phi) is 4.16. The van der Waals surface area contributed by atoms with Gasteiger partial charge in [-0.05, 0) is 49.7 Å². The van der Waals surface area contributed by atoms with E-state index in [1.807, 2.05) is 6.07 Å². The second kappa shape index (κ2) is 6.29. The SMILES string of the molecule is O=C1CC[C@@H](CNC2CCc3cc(Cl)nc(OCC4CC4)c32)N1. The molecule has 0 aromatic carbocycles. The smallest absolute Gasteiger partial charge is 0.220 e. The normalized spacial score (nSPS) is 26.2. The highest BCUT2D eigenvalue weighted by Gasteiger charge is 2.31. The minimum Gasteiger partial charge on any atom is -0.477 e. The van der Waals surface area contributed by atoms with E-state index in [0.717, 1.165) is 32.4 Å². The monoisotopic (exact) mass is 335 g/mol. The number of nitrogens with one attached hydrogen (secondary N) is 2. The average molecular weight is 336 g/mol. The van der Waals surface area contributed by atoms with Crippen molar-refractivity contribution in [2.45, 2.75) is 50.6 Å². The van der Waals surface area contributed by atoms with Crippen LogP contribution in [0.3, 0.4) is 0 Å². The van der Waals surface area contributed by atoms with Crippen molar-refractivity contribution in [3.63, 3.8) is 0 Å². The molecule has 124 valence electrons. The number of nitrogens with zero attached hydrogens (tertiary/aromatic N) is 1. The largest absolute Gasteiger partial charge is 0.477 e. The third-order valence-corrected chi connectivity index (χ3v) is 5.17. The fourth-order valence-corrected chi connectivity index (χ4v) is 3.69. The number of pyridine rings is 1. The van der Waals surface area contributed by atoms with Gasteiger partial charge < -0.3 is 15.4 Å². The van der Waals surface area contributed by atoms with Gasteiger partial charge in [0.05, 0.1) is 6.61 Å². The van der Waals surface area contributed by atoms with Gasteiger partial charge in [-0.15, -0.1) is 0 Å². The Morgan fingerprint density at radius 1 is 1.30 bits per heavy atom. The molecule has 1 unspecified atom stereocenters. The van der Waals surface area contributed by atoms with E-state index < -0.39 is 0 Å². The Labute approximate surface area is 141 Å². The van der Waals surface area contributed by atoms with E-state index in [-0.39, 0.29) is 18.0 Å². The van der Waals surface area contributed by atoms with Crippen LogP contribution in [0.1, 0.15) is 49.3 Å². The number of hydrogen-bond donors (Lipinski definition) is 2. The molecule has 1 saturated carbocycles. The quantitative estimate of drug-likeness (QED) is 0.783. The van der Waals surface area contributed by atoms with Crippen molar-refractivity contribution < 1.29 is 9.53 Å². The van der Waals surface area contributed by atoms with Crippen LogP contribution in [0.4, 0.5) is 0 Å². The molecule has 2 atom stereocenters. The van der Waals surface area contributed by atoms with E-state index in [1.165, 1.54) is 24.0 Å². The highest BCUT2D eigenvalue weighted by molar-refractivity contribution is 6.29. The van der Waals surface area contributed by atoms with Crippen molar-refractivity contribution in [1.82, 2.24) is 15.6 Å². The Morgan fingerprint density at radius 3 is 2.91 bits per heavy atom. The van der Waals surface area contributed by atoms with Gasteiger partial charge in [0.25, 0.3) is 0 Å². The first kappa shape index (κ1) is 15.2. The van der Waals surface area contributed by atoms with Crippen LogP contribution in [0.15, 0.2) is 6.07 Å². The lowest BCUT2D eigenvalue weighted by atomic mass is 10.1. The Hall–Kier alpha value is -1.33. The zero-order chi connectivity index (χ0) is 15.8. The maximum atomic E-state index is 11.3. The summed E-state index contributed by atoms with van der Waals surface area (Å²) in [5.41, 5.74) is 2.41. The van der Waals surface area contributed by atoms with Gasteiger partial charge in [0.1, 0.15) is 5.15 Å². The summed E-state index contributed by atoms with van der Waals surface area (Å²) in [5.74, 6) is 1.54. The lowest BCUT2D eigenvalue weighted by Crippen LogP contribution is -2.37. The van der Waals surface area contributed by atoms with Crippen molar-refractivity contribution in [3.05, 3.63) is 22.3 Å². The molecule has 1 aromatic heterocycles. The van der Waals surface area contributed by atoms with Crippen molar-refractivity contribution in [3.8, 4) is 5.88 Å². The molecular formula is C17H22ClN3O2. The van der Waals surface area contributed by atoms with Gasteiger partial charge in [-0.2, -0.15) is 0 Å². The maximum Gasteiger partial charge on any atom is 0.220 e. The summed E-state index contributed by atoms with van der Waals surface area (Å²) >= 11 is 6.14. The summed E-state index contributed by atoms with van der Waals surface area (Å²) in [7, 11) is 0. The molecular weight excluding hydrogens is 314 g/mol. The number of hydrogen-bond acceptors (Lipinski definition) is 4. The molecule has 1 saturated heterocycles. The van der Waals surface area contributed by atoms with Crippen LogP contribution in [0.5, 0.6) is 5.88 Å². The molecule has 3 aliphatic rings. The third-order valence-electron chi connectivity index (χ3n) is 4.98. The predicted molar refractivity (Wildman–Crippen MR) is 87.7 cm³/mol. The average Bonchev–Trinajstić information content (AvgIpc) is 3.13. The summed E-state index contributed by atoms with van der Waals surface area (Å²) < 4.78 is 5.97. The van der Waals surface area contributed by atoms with Gasteiger partial charge in [-0.1, -0.05) is 11.6 Å². The minimum atomic E-state index is 0.158. The lowest BCUT2D eigenvalue weighted by Gasteiger charge is -2.19. The predicted octanol–water partition coefficient (Wildman–Crippen LogP) is 2.38. The first-order chi connectivity index (χ1) is 11.2. The molecule has 23 heavy (non-hydrogen) atoms. The molecule has 2 aliphatic carbocycles. The Bertz CT molecular complexity index is 618. The molecule has 5 nitrogen and oxygen atoms in total. The molecule has 2 fully saturated rings. The molecule has 1 amide bonds. The van der Waals surface area contributed by atoms with Gasteiger partial charge in [-0.3, -0.25) is 4.79 Å². The maximum absolute atomic E-state index is 11.3. The number of halogens is 1. The van der Waals surface area contributed by atoms with E-state index in [2.05, 4.69) is 15.6 Å². The van der Waals surface area contributed by atoms with Crippen LogP contribution in [0.2, 0.25) is 5.15 Å². The topological polar surface area (TPSA) is 63.2 Å². The van der Waals surface area contributed by atoms with Crippen LogP contribution in [0, 0.1) is 5.92 Å². The fourth-order valence-electron chi connectivity index (χ4n) is 3.48. The molecule has 0 radical (unpaired) electrons. The van der Waals surface area contributed by atoms with Crippen LogP contribution < -0.4 is 15.4 Å². The van der Waals surface area contributed by atoms with E-state index in [4.69, 9.17) is 16.3 Å². The van der Waals surface area contributed by atoms with Gasteiger partial charge in [0, 0.05) is 30.6 Å². The van der Waals surface area contributed by atoms with E-state index in [1.54, 1.807) is 0 Å². The summed E-state index contributed by atoms with van der Waals surface area (Å²) in [6, 6.07) is 2.43. The Morgan fingerprint density at radius 2 is 2.17 bits per heavy atom. The van der Waals surface area contributed by atoms with Gasteiger partial charge in [-0.25, -0.2) is 4.98 Å². The summed E-state index contributed by atoms with van der Waals surface area (Å²) in [6.07, 6.45) is 6.08. The molecule has 2 N–H and O–H groups in total. The van der Waals surface area contributed by atoms with Crippen LogP contribution in [-0.4, -0.2) is 30.1 Å². The highest BCUT2D eigenvalue weighted by Crippen LogP contribution is 2.39. The summed E-state index contributed by atoms with van der Waals surface area (Å²) in [6.45, 7) is 1.53. The molecule has 4 rings (SSSR count). The molecule has 1 aromatic rings. The molecule has 6 heteroatoms. The fraction of sp³-hybridized carbons (Fsp3) is 0.647. The number of aromatic nitrogens is 1. The van der Waals surface area contributed by atoms with Crippen molar-refractivity contribution in [2.75, 3.05) is 13.2 Å². The third kappa shape index (κ3) is 3.45. The summed E-state index contributed by atoms with van der Waals surface area (Å²) in [5, 5.41) is 7.10. The van der Waals surface area contributed by atoms with Crippen molar-refractivity contribution in [2.24, 2.45) is 5.92 Å². The second-order valence-electron chi connectivity index (χ2n) is 6.88. The molecule has 1 aliphatic heterocycles. The zero-order valence-electron chi connectivity index (χ0n) is 13.1. The number of aryl methyl sites for hydroxylation is 1. The van der Waals surface area contributed by atoms with Crippen LogP contribution in [-0.2, 0) is 11.2 Å². The van der Waals surface area contributed by atoms with E-state index >= 15 is 0 Å². The first-order valence-electron chi connectivity index (χ1n) is 8.54. The van der Waals surface area contributed by atoms with Crippen LogP contribution >= 0.6 is 11.6 Å². The van der Waals surface area contributed by atoms with E-state index in [9.17, 15) is 4.79 Å². The number of rotatable bonds is 6. The minimum absolute atomic E-state index is 0.158. The summed E-state index contributed by atoms with van der Waals surface area (Å²) in [4.78, 5) is 15.7. The van der Waals surface area contributed by atoms with Crippen molar-refractivity contribution in [1.29, 1.82) is 0 Å². The standard InChI is InChI=1S/C17H22ClN3O2/c18-14-7-11-3-5-13(19-8-12-4-6-15(22)20-12)16(11)17(21-14)23-9-10-1-2-10/h7,10,12-13,19H,1-6,8-9H2,(H,20,22)/t12-,13?/m0/s1. The van der Waals surface area contributed by atoms with Gasteiger partial charge in [0.2, 0.25) is 11.8 Å². The first-order valence-corrected chi connectivity index (χ1v) is 8.91. The second-order valence-corrected chi connectivity index (χ2v) is 7.27. The lowest BCUT2D eigenvalue weighted by molar-refractivity contribution is -0.119.